The van der Waals surface area contributed by atoms with Gasteiger partial charge in [0, 0.05) is 18.0 Å². The van der Waals surface area contributed by atoms with Crippen molar-refractivity contribution in [3.05, 3.63) is 10.6 Å². The van der Waals surface area contributed by atoms with E-state index in [1.54, 1.807) is 11.3 Å². The van der Waals surface area contributed by atoms with Gasteiger partial charge in [0.15, 0.2) is 10.8 Å². The fourth-order valence-corrected chi connectivity index (χ4v) is 3.17. The number of anilines is 1. The molecule has 1 aliphatic heterocycles. The monoisotopic (exact) mass is 268 g/mol. The summed E-state index contributed by atoms with van der Waals surface area (Å²) in [5, 5.41) is 0.951. The van der Waals surface area contributed by atoms with Crippen LogP contribution in [0.1, 0.15) is 35.6 Å². The predicted molar refractivity (Wildman–Crippen MR) is 73.3 cm³/mol. The highest BCUT2D eigenvalue weighted by Crippen LogP contribution is 2.31. The van der Waals surface area contributed by atoms with Crippen molar-refractivity contribution in [2.75, 3.05) is 25.1 Å². The van der Waals surface area contributed by atoms with Crippen LogP contribution in [0.25, 0.3) is 0 Å². The first kappa shape index (κ1) is 13.3. The molecule has 1 aliphatic rings. The van der Waals surface area contributed by atoms with E-state index < -0.39 is 0 Å². The van der Waals surface area contributed by atoms with E-state index in [9.17, 15) is 4.79 Å². The second-order valence-electron chi connectivity index (χ2n) is 5.08. The molecular formula is C13H20N2O2S. The van der Waals surface area contributed by atoms with Crippen molar-refractivity contribution >= 4 is 22.4 Å². The van der Waals surface area contributed by atoms with Crippen LogP contribution in [0.3, 0.4) is 0 Å². The van der Waals surface area contributed by atoms with E-state index in [0.29, 0.717) is 11.6 Å². The van der Waals surface area contributed by atoms with Crippen LogP contribution in [0.2, 0.25) is 0 Å². The molecule has 18 heavy (non-hydrogen) atoms. The Bertz CT molecular complexity index is 444. The van der Waals surface area contributed by atoms with Crippen molar-refractivity contribution in [1.29, 1.82) is 0 Å². The van der Waals surface area contributed by atoms with Gasteiger partial charge in [-0.15, -0.1) is 11.3 Å². The minimum Gasteiger partial charge on any atom is -0.464 e. The topological polar surface area (TPSA) is 42.4 Å². The summed E-state index contributed by atoms with van der Waals surface area (Å²) in [6, 6.07) is 0. The molecule has 0 saturated carbocycles. The summed E-state index contributed by atoms with van der Waals surface area (Å²) in [4.78, 5) is 19.2. The van der Waals surface area contributed by atoms with Crippen LogP contribution >= 0.6 is 11.3 Å². The molecule has 2 unspecified atom stereocenters. The lowest BCUT2D eigenvalue weighted by Gasteiger charge is -2.35. The summed E-state index contributed by atoms with van der Waals surface area (Å²) in [6.45, 7) is 8.55. The molecule has 0 spiro atoms. The van der Waals surface area contributed by atoms with Crippen molar-refractivity contribution in [2.24, 2.45) is 11.8 Å². The molecule has 1 aromatic rings. The number of rotatable bonds is 2. The fraction of sp³-hybridized carbons (Fsp3) is 0.692. The second-order valence-corrected chi connectivity index (χ2v) is 6.26. The van der Waals surface area contributed by atoms with Crippen LogP contribution < -0.4 is 4.90 Å². The number of piperidine rings is 1. The Hall–Kier alpha value is -1.10. The van der Waals surface area contributed by atoms with Crippen molar-refractivity contribution < 1.29 is 9.53 Å². The molecule has 0 amide bonds. The molecule has 100 valence electrons. The van der Waals surface area contributed by atoms with E-state index in [0.717, 1.165) is 29.0 Å². The van der Waals surface area contributed by atoms with Crippen LogP contribution in [0.4, 0.5) is 5.13 Å². The molecule has 2 atom stereocenters. The van der Waals surface area contributed by atoms with E-state index in [2.05, 4.69) is 23.7 Å². The van der Waals surface area contributed by atoms with E-state index >= 15 is 0 Å². The first-order chi connectivity index (χ1) is 8.52. The average molecular weight is 268 g/mol. The van der Waals surface area contributed by atoms with Crippen LogP contribution in [0, 0.1) is 18.8 Å². The van der Waals surface area contributed by atoms with E-state index in [1.807, 2.05) is 6.92 Å². The number of hydrogen-bond acceptors (Lipinski definition) is 5. The number of methoxy groups -OCH3 is 1. The largest absolute Gasteiger partial charge is 0.464 e. The molecule has 1 saturated heterocycles. The Balaban J connectivity index is 2.17. The third-order valence-corrected chi connectivity index (χ3v) is 4.80. The number of hydrogen-bond donors (Lipinski definition) is 0. The Kier molecular flexibility index (Phi) is 3.90. The second kappa shape index (κ2) is 5.26. The lowest BCUT2D eigenvalue weighted by Crippen LogP contribution is -2.38. The highest BCUT2D eigenvalue weighted by atomic mass is 32.1. The normalized spacial score (nSPS) is 24.1. The molecule has 0 radical (unpaired) electrons. The minimum atomic E-state index is -0.339. The van der Waals surface area contributed by atoms with Crippen molar-refractivity contribution in [3.63, 3.8) is 0 Å². The van der Waals surface area contributed by atoms with Gasteiger partial charge in [0.2, 0.25) is 0 Å². The third-order valence-electron chi connectivity index (χ3n) is 3.77. The fourth-order valence-electron chi connectivity index (χ4n) is 2.24. The summed E-state index contributed by atoms with van der Waals surface area (Å²) >= 11 is 1.58. The van der Waals surface area contributed by atoms with Crippen LogP contribution in [-0.4, -0.2) is 31.2 Å². The van der Waals surface area contributed by atoms with Crippen molar-refractivity contribution in [2.45, 2.75) is 27.2 Å². The number of carbonyl (C=O) groups excluding carboxylic acids is 1. The SMILES string of the molecule is COC(=O)c1nc(N2CCC(C)C(C)C2)sc1C. The van der Waals surface area contributed by atoms with Gasteiger partial charge < -0.3 is 9.64 Å². The zero-order chi connectivity index (χ0) is 13.3. The first-order valence-corrected chi connectivity index (χ1v) is 7.15. The number of aromatic nitrogens is 1. The first-order valence-electron chi connectivity index (χ1n) is 6.33. The van der Waals surface area contributed by atoms with Gasteiger partial charge in [-0.3, -0.25) is 0 Å². The third kappa shape index (κ3) is 2.51. The van der Waals surface area contributed by atoms with E-state index in [1.165, 1.54) is 13.5 Å². The number of thiazole rings is 1. The molecule has 4 nitrogen and oxygen atoms in total. The Morgan fingerprint density at radius 2 is 2.17 bits per heavy atom. The van der Waals surface area contributed by atoms with Gasteiger partial charge in [-0.1, -0.05) is 13.8 Å². The molecule has 2 heterocycles. The number of nitrogens with zero attached hydrogens (tertiary/aromatic N) is 2. The van der Waals surface area contributed by atoms with Crippen molar-refractivity contribution in [3.8, 4) is 0 Å². The molecule has 5 heteroatoms. The van der Waals surface area contributed by atoms with Crippen LogP contribution in [-0.2, 0) is 4.74 Å². The molecule has 1 aromatic heterocycles. The zero-order valence-electron chi connectivity index (χ0n) is 11.4. The van der Waals surface area contributed by atoms with Gasteiger partial charge in [-0.25, -0.2) is 9.78 Å². The number of ether oxygens (including phenoxy) is 1. The molecule has 2 rings (SSSR count). The molecule has 0 N–H and O–H groups in total. The van der Waals surface area contributed by atoms with E-state index in [-0.39, 0.29) is 5.97 Å². The summed E-state index contributed by atoms with van der Waals surface area (Å²) < 4.78 is 4.74. The Morgan fingerprint density at radius 1 is 1.44 bits per heavy atom. The van der Waals surface area contributed by atoms with Gasteiger partial charge in [0.05, 0.1) is 7.11 Å². The quantitative estimate of drug-likeness (QED) is 0.773. The van der Waals surface area contributed by atoms with Gasteiger partial charge in [-0.2, -0.15) is 0 Å². The highest BCUT2D eigenvalue weighted by Gasteiger charge is 2.26. The summed E-state index contributed by atoms with van der Waals surface area (Å²) in [6.07, 6.45) is 1.19. The predicted octanol–water partition coefficient (Wildman–Crippen LogP) is 2.72. The maximum absolute atomic E-state index is 11.6. The summed E-state index contributed by atoms with van der Waals surface area (Å²) in [7, 11) is 1.39. The highest BCUT2D eigenvalue weighted by molar-refractivity contribution is 7.15. The number of carbonyl (C=O) groups is 1. The zero-order valence-corrected chi connectivity index (χ0v) is 12.2. The molecule has 0 bridgehead atoms. The maximum atomic E-state index is 11.6. The molecular weight excluding hydrogens is 248 g/mol. The Morgan fingerprint density at radius 3 is 2.78 bits per heavy atom. The van der Waals surface area contributed by atoms with Gasteiger partial charge in [0.25, 0.3) is 0 Å². The molecule has 0 aromatic carbocycles. The van der Waals surface area contributed by atoms with Crippen LogP contribution in [0.5, 0.6) is 0 Å². The van der Waals surface area contributed by atoms with E-state index in [4.69, 9.17) is 4.74 Å². The van der Waals surface area contributed by atoms with Crippen molar-refractivity contribution in [1.82, 2.24) is 4.98 Å². The lowest BCUT2D eigenvalue weighted by atomic mass is 9.89. The molecule has 0 aliphatic carbocycles. The standard InChI is InChI=1S/C13H20N2O2S/c1-8-5-6-15(7-9(8)2)13-14-11(10(3)18-13)12(16)17-4/h8-9H,5-7H2,1-4H3. The summed E-state index contributed by atoms with van der Waals surface area (Å²) in [5.74, 6) is 1.10. The van der Waals surface area contributed by atoms with Gasteiger partial charge in [0.1, 0.15) is 0 Å². The smallest absolute Gasteiger partial charge is 0.357 e. The lowest BCUT2D eigenvalue weighted by molar-refractivity contribution is 0.0594. The van der Waals surface area contributed by atoms with Crippen LogP contribution in [0.15, 0.2) is 0 Å². The van der Waals surface area contributed by atoms with Gasteiger partial charge in [-0.05, 0) is 25.2 Å². The molecule has 1 fully saturated rings. The number of aryl methyl sites for hydroxylation is 1. The average Bonchev–Trinajstić information content (AvgIpc) is 2.74. The van der Waals surface area contributed by atoms with Gasteiger partial charge >= 0.3 is 5.97 Å². The minimum absolute atomic E-state index is 0.339. The Labute approximate surface area is 112 Å². The summed E-state index contributed by atoms with van der Waals surface area (Å²) in [5.41, 5.74) is 0.462. The number of esters is 1. The maximum Gasteiger partial charge on any atom is 0.357 e.